The smallest absolute Gasteiger partial charge is 0.253 e. The first-order valence-corrected chi connectivity index (χ1v) is 10.6. The highest BCUT2D eigenvalue weighted by atomic mass is 32.1. The third-order valence-corrected chi connectivity index (χ3v) is 5.65. The first-order chi connectivity index (χ1) is 15.0. The van der Waals surface area contributed by atoms with Crippen LogP contribution in [0.15, 0.2) is 76.1 Å². The number of pyridine rings is 1. The standard InChI is InChI=1S/C25H25N3O2S/c1-17-11-18(2)22-13-20(24(29)27-23(22)12-17)15-28(16-21-9-6-10-30-21)25(31)26-14-19-7-4-3-5-8-19/h3-13H,14-16H2,1-2H3,(H,26,31)(H,27,29). The van der Waals surface area contributed by atoms with Crippen LogP contribution in [-0.2, 0) is 19.6 Å². The van der Waals surface area contributed by atoms with E-state index >= 15 is 0 Å². The predicted molar refractivity (Wildman–Crippen MR) is 128 cm³/mol. The fourth-order valence-corrected chi connectivity index (χ4v) is 3.92. The maximum absolute atomic E-state index is 12.8. The highest BCUT2D eigenvalue weighted by Gasteiger charge is 2.16. The third kappa shape index (κ3) is 5.03. The van der Waals surface area contributed by atoms with Gasteiger partial charge in [0, 0.05) is 23.0 Å². The number of furan rings is 1. The Hall–Kier alpha value is -3.38. The monoisotopic (exact) mass is 431 g/mol. The molecule has 4 rings (SSSR count). The van der Waals surface area contributed by atoms with Crippen molar-refractivity contribution in [3.63, 3.8) is 0 Å². The zero-order valence-electron chi connectivity index (χ0n) is 17.6. The van der Waals surface area contributed by atoms with Crippen molar-refractivity contribution in [2.45, 2.75) is 33.5 Å². The van der Waals surface area contributed by atoms with E-state index in [-0.39, 0.29) is 5.56 Å². The van der Waals surface area contributed by atoms with E-state index in [4.69, 9.17) is 16.6 Å². The number of aryl methyl sites for hydroxylation is 2. The SMILES string of the molecule is Cc1cc(C)c2cc(CN(Cc3ccco3)C(=S)NCc3ccccc3)c(=O)[nH]c2c1. The number of rotatable bonds is 6. The van der Waals surface area contributed by atoms with E-state index in [1.807, 2.05) is 66.4 Å². The number of hydrogen-bond donors (Lipinski definition) is 2. The molecule has 0 bridgehead atoms. The van der Waals surface area contributed by atoms with Gasteiger partial charge < -0.3 is 19.6 Å². The fourth-order valence-electron chi connectivity index (χ4n) is 3.71. The molecule has 6 heteroatoms. The maximum atomic E-state index is 12.8. The number of aromatic amines is 1. The molecule has 0 spiro atoms. The summed E-state index contributed by atoms with van der Waals surface area (Å²) in [5.74, 6) is 0.785. The Morgan fingerprint density at radius 1 is 1.06 bits per heavy atom. The van der Waals surface area contributed by atoms with E-state index in [1.165, 1.54) is 0 Å². The molecule has 2 aromatic carbocycles. The number of nitrogens with zero attached hydrogens (tertiary/aromatic N) is 1. The Morgan fingerprint density at radius 2 is 1.87 bits per heavy atom. The quantitative estimate of drug-likeness (QED) is 0.429. The molecule has 4 aromatic rings. The zero-order valence-corrected chi connectivity index (χ0v) is 18.5. The molecule has 0 saturated heterocycles. The number of H-pyrrole nitrogens is 1. The lowest BCUT2D eigenvalue weighted by molar-refractivity contribution is 0.350. The van der Waals surface area contributed by atoms with Crippen LogP contribution >= 0.6 is 12.2 Å². The summed E-state index contributed by atoms with van der Waals surface area (Å²) < 4.78 is 5.53. The normalized spacial score (nSPS) is 10.9. The molecule has 0 fully saturated rings. The third-order valence-electron chi connectivity index (χ3n) is 5.25. The molecule has 0 atom stereocenters. The van der Waals surface area contributed by atoms with Crippen LogP contribution in [0.3, 0.4) is 0 Å². The summed E-state index contributed by atoms with van der Waals surface area (Å²) in [6.45, 7) is 5.55. The first kappa shape index (κ1) is 20.9. The molecule has 0 aliphatic rings. The Morgan fingerprint density at radius 3 is 2.61 bits per heavy atom. The van der Waals surface area contributed by atoms with Gasteiger partial charge in [-0.2, -0.15) is 0 Å². The van der Waals surface area contributed by atoms with Crippen molar-refractivity contribution in [1.82, 2.24) is 15.2 Å². The van der Waals surface area contributed by atoms with Gasteiger partial charge >= 0.3 is 0 Å². The second-order valence-electron chi connectivity index (χ2n) is 7.75. The lowest BCUT2D eigenvalue weighted by atomic mass is 10.0. The molecule has 0 radical (unpaired) electrons. The van der Waals surface area contributed by atoms with Gasteiger partial charge in [0.2, 0.25) is 0 Å². The molecule has 2 aromatic heterocycles. The Balaban J connectivity index is 1.60. The molecule has 2 heterocycles. The first-order valence-electron chi connectivity index (χ1n) is 10.2. The largest absolute Gasteiger partial charge is 0.467 e. The minimum atomic E-state index is -0.104. The van der Waals surface area contributed by atoms with E-state index < -0.39 is 0 Å². The number of thiocarbonyl (C=S) groups is 1. The van der Waals surface area contributed by atoms with Gasteiger partial charge in [0.15, 0.2) is 5.11 Å². The van der Waals surface area contributed by atoms with Crippen molar-refractivity contribution in [1.29, 1.82) is 0 Å². The van der Waals surface area contributed by atoms with Gasteiger partial charge in [0.1, 0.15) is 5.76 Å². The topological polar surface area (TPSA) is 61.3 Å². The minimum absolute atomic E-state index is 0.104. The second-order valence-corrected chi connectivity index (χ2v) is 8.13. The number of hydrogen-bond acceptors (Lipinski definition) is 3. The van der Waals surface area contributed by atoms with Gasteiger partial charge in [0.05, 0.1) is 19.4 Å². The minimum Gasteiger partial charge on any atom is -0.467 e. The van der Waals surface area contributed by atoms with Gasteiger partial charge in [-0.15, -0.1) is 0 Å². The predicted octanol–water partition coefficient (Wildman–Crippen LogP) is 4.81. The van der Waals surface area contributed by atoms with Crippen molar-refractivity contribution >= 4 is 28.2 Å². The molecule has 0 saturated carbocycles. The van der Waals surface area contributed by atoms with Gasteiger partial charge in [-0.3, -0.25) is 4.79 Å². The van der Waals surface area contributed by atoms with Crippen LogP contribution in [0.4, 0.5) is 0 Å². The van der Waals surface area contributed by atoms with Crippen LogP contribution in [0.1, 0.15) is 28.0 Å². The summed E-state index contributed by atoms with van der Waals surface area (Å²) in [7, 11) is 0. The molecule has 0 aliphatic carbocycles. The summed E-state index contributed by atoms with van der Waals surface area (Å²) in [6.07, 6.45) is 1.64. The van der Waals surface area contributed by atoms with E-state index in [9.17, 15) is 4.79 Å². The van der Waals surface area contributed by atoms with Gasteiger partial charge in [-0.1, -0.05) is 36.4 Å². The highest BCUT2D eigenvalue weighted by Crippen LogP contribution is 2.19. The van der Waals surface area contributed by atoms with Crippen LogP contribution in [0.2, 0.25) is 0 Å². The van der Waals surface area contributed by atoms with E-state index in [1.54, 1.807) is 6.26 Å². The van der Waals surface area contributed by atoms with Crippen LogP contribution in [-0.4, -0.2) is 15.0 Å². The van der Waals surface area contributed by atoms with Crippen LogP contribution in [0.5, 0.6) is 0 Å². The fraction of sp³-hybridized carbons (Fsp3) is 0.200. The van der Waals surface area contributed by atoms with Crippen molar-refractivity contribution < 1.29 is 4.42 Å². The van der Waals surface area contributed by atoms with Gasteiger partial charge in [0.25, 0.3) is 5.56 Å². The number of fused-ring (bicyclic) bond motifs is 1. The molecule has 0 aliphatic heterocycles. The Labute approximate surface area is 186 Å². The van der Waals surface area contributed by atoms with Gasteiger partial charge in [-0.05, 0) is 67.0 Å². The summed E-state index contributed by atoms with van der Waals surface area (Å²) in [5.41, 5.74) is 4.81. The number of aromatic nitrogens is 1. The Bertz CT molecular complexity index is 1250. The average molecular weight is 432 g/mol. The summed E-state index contributed by atoms with van der Waals surface area (Å²) in [5, 5.41) is 4.92. The van der Waals surface area contributed by atoms with E-state index in [2.05, 4.69) is 23.3 Å². The lowest BCUT2D eigenvalue weighted by Crippen LogP contribution is -2.39. The van der Waals surface area contributed by atoms with Crippen molar-refractivity contribution in [3.05, 3.63) is 105 Å². The molecule has 2 N–H and O–H groups in total. The lowest BCUT2D eigenvalue weighted by Gasteiger charge is -2.25. The summed E-state index contributed by atoms with van der Waals surface area (Å²) in [4.78, 5) is 17.8. The summed E-state index contributed by atoms with van der Waals surface area (Å²) >= 11 is 5.69. The maximum Gasteiger partial charge on any atom is 0.253 e. The molecule has 31 heavy (non-hydrogen) atoms. The van der Waals surface area contributed by atoms with Crippen molar-refractivity contribution in [2.75, 3.05) is 0 Å². The van der Waals surface area contributed by atoms with E-state index in [0.29, 0.717) is 30.3 Å². The summed E-state index contributed by atoms with van der Waals surface area (Å²) in [6, 6.07) is 19.9. The molecule has 0 amide bonds. The molecule has 5 nitrogen and oxygen atoms in total. The highest BCUT2D eigenvalue weighted by molar-refractivity contribution is 7.80. The molecular formula is C25H25N3O2S. The zero-order chi connectivity index (χ0) is 21.8. The van der Waals surface area contributed by atoms with Gasteiger partial charge in [-0.25, -0.2) is 0 Å². The van der Waals surface area contributed by atoms with Crippen molar-refractivity contribution in [3.8, 4) is 0 Å². The molecular weight excluding hydrogens is 406 g/mol. The van der Waals surface area contributed by atoms with Crippen LogP contribution in [0.25, 0.3) is 10.9 Å². The molecule has 0 unspecified atom stereocenters. The number of benzene rings is 2. The van der Waals surface area contributed by atoms with Crippen molar-refractivity contribution in [2.24, 2.45) is 0 Å². The Kier molecular flexibility index (Phi) is 6.18. The molecule has 158 valence electrons. The van der Waals surface area contributed by atoms with E-state index in [0.717, 1.165) is 33.4 Å². The second kappa shape index (κ2) is 9.18. The average Bonchev–Trinajstić information content (AvgIpc) is 3.26. The number of nitrogens with one attached hydrogen (secondary N) is 2. The van der Waals surface area contributed by atoms with Crippen LogP contribution < -0.4 is 10.9 Å². The van der Waals surface area contributed by atoms with Crippen LogP contribution in [0, 0.1) is 13.8 Å².